The summed E-state index contributed by atoms with van der Waals surface area (Å²) in [5.74, 6) is 0.237. The van der Waals surface area contributed by atoms with Crippen molar-refractivity contribution < 1.29 is 35.6 Å². The molecule has 1 saturated carbocycles. The molecule has 0 N–H and O–H groups in total. The zero-order chi connectivity index (χ0) is 26.4. The maximum absolute atomic E-state index is 13.4. The van der Waals surface area contributed by atoms with Gasteiger partial charge in [-0.1, -0.05) is 29.4 Å². The number of amides is 2. The number of rotatable bonds is 5. The number of carbonyl (C=O) groups is 1. The zero-order valence-corrected chi connectivity index (χ0v) is 21.2. The third kappa shape index (κ3) is 5.77. The van der Waals surface area contributed by atoms with Crippen LogP contribution < -0.4 is 0 Å². The van der Waals surface area contributed by atoms with Gasteiger partial charge in [0.1, 0.15) is 5.60 Å². The molecule has 2 amide bonds. The molecular formula is C24H29F3N4O5S. The van der Waals surface area contributed by atoms with Crippen molar-refractivity contribution in [2.45, 2.75) is 49.3 Å². The molecule has 1 aromatic carbocycles. The van der Waals surface area contributed by atoms with Crippen LogP contribution >= 0.6 is 0 Å². The van der Waals surface area contributed by atoms with Gasteiger partial charge in [0.25, 0.3) is 0 Å². The van der Waals surface area contributed by atoms with Gasteiger partial charge in [-0.05, 0) is 30.4 Å². The summed E-state index contributed by atoms with van der Waals surface area (Å²) in [4.78, 5) is 21.2. The molecule has 3 heterocycles. The number of benzene rings is 1. The van der Waals surface area contributed by atoms with E-state index in [4.69, 9.17) is 9.26 Å². The molecule has 1 aliphatic carbocycles. The molecule has 2 saturated heterocycles. The van der Waals surface area contributed by atoms with E-state index in [0.29, 0.717) is 31.2 Å². The van der Waals surface area contributed by atoms with Crippen molar-refractivity contribution >= 4 is 15.9 Å². The lowest BCUT2D eigenvalue weighted by Crippen LogP contribution is -2.53. The van der Waals surface area contributed by atoms with Crippen molar-refractivity contribution in [3.63, 3.8) is 0 Å². The highest BCUT2D eigenvalue weighted by Crippen LogP contribution is 2.48. The maximum atomic E-state index is 13.4. The molecule has 202 valence electrons. The first-order valence-electron chi connectivity index (χ1n) is 12.3. The summed E-state index contributed by atoms with van der Waals surface area (Å²) in [6.07, 6.45) is -3.14. The number of hydrogen-bond acceptors (Lipinski definition) is 7. The summed E-state index contributed by atoms with van der Waals surface area (Å²) in [7, 11) is -1.55. The quantitative estimate of drug-likeness (QED) is 0.571. The number of alkyl halides is 3. The van der Waals surface area contributed by atoms with Crippen LogP contribution in [-0.4, -0.2) is 85.4 Å². The molecule has 0 spiro atoms. The number of likely N-dealkylation sites (tertiary alicyclic amines) is 1. The molecule has 2 aromatic rings. The average Bonchev–Trinajstić information content (AvgIpc) is 3.50. The van der Waals surface area contributed by atoms with Gasteiger partial charge < -0.3 is 19.1 Å². The van der Waals surface area contributed by atoms with Crippen molar-refractivity contribution in [3.8, 4) is 0 Å². The van der Waals surface area contributed by atoms with Crippen LogP contribution in [0.15, 0.2) is 28.8 Å². The first-order chi connectivity index (χ1) is 17.5. The molecule has 3 aliphatic rings. The lowest BCUT2D eigenvalue weighted by molar-refractivity contribution is -0.127. The number of piperidine rings is 1. The number of nitrogens with zero attached hydrogens (tertiary/aromatic N) is 4. The SMILES string of the molecule is COC1(c2noc(C3CC(c4ccc(CC(F)(F)F)cc4)CN(C(=O)N4CCS(=O)(=O)CC4)C3)n2)CC1. The first kappa shape index (κ1) is 26.0. The number of urea groups is 1. The Kier molecular flexibility index (Phi) is 6.71. The van der Waals surface area contributed by atoms with Crippen LogP contribution in [0.5, 0.6) is 0 Å². The Morgan fingerprint density at radius 2 is 1.76 bits per heavy atom. The molecule has 1 aromatic heterocycles. The highest BCUT2D eigenvalue weighted by Gasteiger charge is 2.50. The number of halogens is 3. The summed E-state index contributed by atoms with van der Waals surface area (Å²) >= 11 is 0. The number of carbonyl (C=O) groups excluding carboxylic acids is 1. The molecule has 2 unspecified atom stereocenters. The van der Waals surface area contributed by atoms with Gasteiger partial charge >= 0.3 is 12.2 Å². The third-order valence-corrected chi connectivity index (χ3v) is 9.09. The van der Waals surface area contributed by atoms with Crippen molar-refractivity contribution in [2.75, 3.05) is 44.8 Å². The van der Waals surface area contributed by atoms with E-state index in [0.717, 1.165) is 18.4 Å². The predicted molar refractivity (Wildman–Crippen MR) is 126 cm³/mol. The number of hydrogen-bond donors (Lipinski definition) is 0. The summed E-state index contributed by atoms with van der Waals surface area (Å²) in [5, 5.41) is 4.12. The fraction of sp³-hybridized carbons (Fsp3) is 0.625. The smallest absolute Gasteiger partial charge is 0.370 e. The first-order valence-corrected chi connectivity index (χ1v) is 14.1. The van der Waals surface area contributed by atoms with E-state index in [1.807, 2.05) is 0 Å². The average molecular weight is 543 g/mol. The van der Waals surface area contributed by atoms with E-state index in [1.54, 1.807) is 24.1 Å². The van der Waals surface area contributed by atoms with E-state index in [-0.39, 0.29) is 48.0 Å². The molecule has 0 radical (unpaired) electrons. The number of methoxy groups -OCH3 is 1. The molecule has 37 heavy (non-hydrogen) atoms. The summed E-state index contributed by atoms with van der Waals surface area (Å²) in [6.45, 7) is 0.910. The fourth-order valence-electron chi connectivity index (χ4n) is 5.14. The van der Waals surface area contributed by atoms with Crippen LogP contribution in [0.3, 0.4) is 0 Å². The van der Waals surface area contributed by atoms with Crippen LogP contribution in [0.1, 0.15) is 53.9 Å². The van der Waals surface area contributed by atoms with Crippen LogP contribution in [0.2, 0.25) is 0 Å². The summed E-state index contributed by atoms with van der Waals surface area (Å²) < 4.78 is 73.2. The lowest BCUT2D eigenvalue weighted by Gasteiger charge is -2.40. The van der Waals surface area contributed by atoms with Crippen molar-refractivity contribution in [2.24, 2.45) is 0 Å². The largest absolute Gasteiger partial charge is 0.393 e. The Bertz CT molecular complexity index is 1230. The van der Waals surface area contributed by atoms with E-state index < -0.39 is 28.0 Å². The molecular weight excluding hydrogens is 513 g/mol. The lowest BCUT2D eigenvalue weighted by atomic mass is 9.84. The normalized spacial score (nSPS) is 25.2. The molecule has 2 aliphatic heterocycles. The highest BCUT2D eigenvalue weighted by molar-refractivity contribution is 7.91. The van der Waals surface area contributed by atoms with Gasteiger partial charge in [0, 0.05) is 39.2 Å². The van der Waals surface area contributed by atoms with E-state index in [2.05, 4.69) is 10.1 Å². The Hall–Kier alpha value is -2.67. The van der Waals surface area contributed by atoms with Gasteiger partial charge in [-0.15, -0.1) is 0 Å². The predicted octanol–water partition coefficient (Wildman–Crippen LogP) is 3.23. The van der Waals surface area contributed by atoms with E-state index >= 15 is 0 Å². The fourth-order valence-corrected chi connectivity index (χ4v) is 6.34. The second kappa shape index (κ2) is 9.57. The second-order valence-corrected chi connectivity index (χ2v) is 12.4. The Morgan fingerprint density at radius 1 is 1.11 bits per heavy atom. The van der Waals surface area contributed by atoms with E-state index in [9.17, 15) is 26.4 Å². The van der Waals surface area contributed by atoms with Crippen molar-refractivity contribution in [1.82, 2.24) is 19.9 Å². The van der Waals surface area contributed by atoms with Gasteiger partial charge in [0.05, 0.1) is 23.8 Å². The van der Waals surface area contributed by atoms with Gasteiger partial charge in [0.2, 0.25) is 11.7 Å². The monoisotopic (exact) mass is 542 g/mol. The molecule has 0 bridgehead atoms. The van der Waals surface area contributed by atoms with Gasteiger partial charge in [-0.2, -0.15) is 18.2 Å². The standard InChI is InChI=1S/C24H29F3N4O5S/c1-35-23(6-7-23)21-28-20(36-29-21)19-12-18(17-4-2-16(3-5-17)13-24(25,26)27)14-31(15-19)22(32)30-8-10-37(33,34)11-9-30/h2-5,18-19H,6-15H2,1H3. The molecule has 3 fully saturated rings. The van der Waals surface area contributed by atoms with E-state index in [1.165, 1.54) is 17.0 Å². The van der Waals surface area contributed by atoms with Gasteiger partial charge in [-0.3, -0.25) is 0 Å². The Labute approximate surface area is 212 Å². The number of aromatic nitrogens is 2. The minimum absolute atomic E-state index is 0.0772. The van der Waals surface area contributed by atoms with Gasteiger partial charge in [0.15, 0.2) is 9.84 Å². The second-order valence-electron chi connectivity index (χ2n) is 10.1. The third-order valence-electron chi connectivity index (χ3n) is 7.49. The van der Waals surface area contributed by atoms with Crippen LogP contribution in [0.25, 0.3) is 0 Å². The van der Waals surface area contributed by atoms with Crippen molar-refractivity contribution in [3.05, 3.63) is 47.1 Å². The molecule has 5 rings (SSSR count). The van der Waals surface area contributed by atoms with Gasteiger partial charge in [-0.25, -0.2) is 13.2 Å². The maximum Gasteiger partial charge on any atom is 0.393 e. The van der Waals surface area contributed by atoms with Crippen LogP contribution in [0, 0.1) is 0 Å². The molecule has 9 nitrogen and oxygen atoms in total. The minimum atomic E-state index is -4.29. The Balaban J connectivity index is 1.38. The number of ether oxygens (including phenoxy) is 1. The zero-order valence-electron chi connectivity index (χ0n) is 20.4. The van der Waals surface area contributed by atoms with Crippen LogP contribution in [0.4, 0.5) is 18.0 Å². The Morgan fingerprint density at radius 3 is 2.35 bits per heavy atom. The molecule has 13 heteroatoms. The van der Waals surface area contributed by atoms with Crippen molar-refractivity contribution in [1.29, 1.82) is 0 Å². The summed E-state index contributed by atoms with van der Waals surface area (Å²) in [5.41, 5.74) is 0.450. The molecule has 2 atom stereocenters. The topological polar surface area (TPSA) is 106 Å². The minimum Gasteiger partial charge on any atom is -0.370 e. The number of sulfone groups is 1. The summed E-state index contributed by atoms with van der Waals surface area (Å²) in [6, 6.07) is 6.01. The highest BCUT2D eigenvalue weighted by atomic mass is 32.2. The van der Waals surface area contributed by atoms with Crippen LogP contribution in [-0.2, 0) is 26.6 Å².